The van der Waals surface area contributed by atoms with Gasteiger partial charge in [-0.3, -0.25) is 4.90 Å². The van der Waals surface area contributed by atoms with Gasteiger partial charge in [-0.2, -0.15) is 0 Å². The van der Waals surface area contributed by atoms with Crippen LogP contribution < -0.4 is 5.32 Å². The van der Waals surface area contributed by atoms with Gasteiger partial charge in [0.25, 0.3) is 0 Å². The van der Waals surface area contributed by atoms with Gasteiger partial charge in [-0.15, -0.1) is 0 Å². The minimum absolute atomic E-state index is 0.328. The van der Waals surface area contributed by atoms with E-state index in [4.69, 9.17) is 4.74 Å². The molecule has 0 aromatic carbocycles. The second-order valence-corrected chi connectivity index (χ2v) is 7.07. The highest BCUT2D eigenvalue weighted by molar-refractivity contribution is 5.67. The zero-order valence-electron chi connectivity index (χ0n) is 14.2. The number of piperidine rings is 1. The molecule has 22 heavy (non-hydrogen) atoms. The van der Waals surface area contributed by atoms with Crippen molar-refractivity contribution >= 4 is 6.09 Å². The SMILES string of the molecule is C[C@@H](c1ccc[nH]1)N1CCCC[C@H]1CNC(=O)OC(C)(C)C. The average molecular weight is 307 g/mol. The van der Waals surface area contributed by atoms with Crippen molar-refractivity contribution in [1.29, 1.82) is 0 Å². The highest BCUT2D eigenvalue weighted by atomic mass is 16.6. The second kappa shape index (κ2) is 7.18. The monoisotopic (exact) mass is 307 g/mol. The summed E-state index contributed by atoms with van der Waals surface area (Å²) in [6.45, 7) is 9.57. The Morgan fingerprint density at radius 2 is 2.27 bits per heavy atom. The van der Waals surface area contributed by atoms with Gasteiger partial charge in [0.05, 0.1) is 0 Å². The van der Waals surface area contributed by atoms with Crippen LogP contribution in [0.5, 0.6) is 0 Å². The van der Waals surface area contributed by atoms with Crippen LogP contribution in [0.2, 0.25) is 0 Å². The van der Waals surface area contributed by atoms with Crippen molar-refractivity contribution in [3.05, 3.63) is 24.0 Å². The molecule has 1 aromatic rings. The molecule has 0 unspecified atom stereocenters. The Morgan fingerprint density at radius 3 is 2.91 bits per heavy atom. The van der Waals surface area contributed by atoms with Gasteiger partial charge in [0.1, 0.15) is 5.60 Å². The van der Waals surface area contributed by atoms with Gasteiger partial charge < -0.3 is 15.0 Å². The Morgan fingerprint density at radius 1 is 1.50 bits per heavy atom. The average Bonchev–Trinajstić information content (AvgIpc) is 2.97. The first-order valence-electron chi connectivity index (χ1n) is 8.23. The lowest BCUT2D eigenvalue weighted by Gasteiger charge is -2.39. The molecule has 0 radical (unpaired) electrons. The zero-order valence-corrected chi connectivity index (χ0v) is 14.2. The van der Waals surface area contributed by atoms with E-state index in [2.05, 4.69) is 28.2 Å². The first kappa shape index (κ1) is 16.9. The molecular weight excluding hydrogens is 278 g/mol. The van der Waals surface area contributed by atoms with Crippen molar-refractivity contribution in [2.24, 2.45) is 0 Å². The first-order valence-corrected chi connectivity index (χ1v) is 8.23. The first-order chi connectivity index (χ1) is 10.4. The molecular formula is C17H29N3O2. The highest BCUT2D eigenvalue weighted by Crippen LogP contribution is 2.27. The smallest absolute Gasteiger partial charge is 0.407 e. The lowest BCUT2D eigenvalue weighted by atomic mass is 9.99. The number of carbonyl (C=O) groups is 1. The fraction of sp³-hybridized carbons (Fsp3) is 0.706. The van der Waals surface area contributed by atoms with Crippen molar-refractivity contribution in [2.75, 3.05) is 13.1 Å². The van der Waals surface area contributed by atoms with E-state index >= 15 is 0 Å². The van der Waals surface area contributed by atoms with Crippen molar-refractivity contribution < 1.29 is 9.53 Å². The molecule has 1 aromatic heterocycles. The van der Waals surface area contributed by atoms with E-state index in [9.17, 15) is 4.79 Å². The van der Waals surface area contributed by atoms with Crippen LogP contribution >= 0.6 is 0 Å². The molecule has 2 heterocycles. The number of alkyl carbamates (subject to hydrolysis) is 1. The molecule has 2 N–H and O–H groups in total. The fourth-order valence-corrected chi connectivity index (χ4v) is 3.05. The molecule has 1 fully saturated rings. The van der Waals surface area contributed by atoms with Crippen LogP contribution in [0.3, 0.4) is 0 Å². The Labute approximate surface area is 133 Å². The van der Waals surface area contributed by atoms with E-state index in [-0.39, 0.29) is 6.09 Å². The molecule has 5 heteroatoms. The number of amides is 1. The van der Waals surface area contributed by atoms with Crippen LogP contribution in [0.25, 0.3) is 0 Å². The second-order valence-electron chi connectivity index (χ2n) is 7.07. The van der Waals surface area contributed by atoms with Crippen LogP contribution in [0.4, 0.5) is 4.79 Å². The number of rotatable bonds is 4. The summed E-state index contributed by atoms with van der Waals surface area (Å²) in [4.78, 5) is 17.6. The third-order valence-corrected chi connectivity index (χ3v) is 4.12. The molecule has 2 rings (SSSR count). The Balaban J connectivity index is 1.91. The van der Waals surface area contributed by atoms with Crippen LogP contribution in [-0.2, 0) is 4.74 Å². The normalized spacial score (nSPS) is 21.4. The Hall–Kier alpha value is -1.49. The Kier molecular flexibility index (Phi) is 5.51. The predicted molar refractivity (Wildman–Crippen MR) is 87.8 cm³/mol. The third-order valence-electron chi connectivity index (χ3n) is 4.12. The van der Waals surface area contributed by atoms with Gasteiger partial charge in [-0.05, 0) is 59.2 Å². The van der Waals surface area contributed by atoms with E-state index in [1.54, 1.807) is 0 Å². The zero-order chi connectivity index (χ0) is 16.2. The number of nitrogens with zero attached hydrogens (tertiary/aromatic N) is 1. The summed E-state index contributed by atoms with van der Waals surface area (Å²) in [5.74, 6) is 0. The third kappa shape index (κ3) is 4.77. The molecule has 1 aliphatic heterocycles. The van der Waals surface area contributed by atoms with Gasteiger partial charge in [-0.1, -0.05) is 6.42 Å². The molecule has 1 saturated heterocycles. The maximum absolute atomic E-state index is 11.8. The van der Waals surface area contributed by atoms with Crippen LogP contribution in [-0.4, -0.2) is 40.7 Å². The van der Waals surface area contributed by atoms with Gasteiger partial charge in [0, 0.05) is 30.5 Å². The topological polar surface area (TPSA) is 57.4 Å². The molecule has 1 amide bonds. The highest BCUT2D eigenvalue weighted by Gasteiger charge is 2.28. The van der Waals surface area contributed by atoms with Gasteiger partial charge in [-0.25, -0.2) is 4.79 Å². The van der Waals surface area contributed by atoms with E-state index in [1.165, 1.54) is 18.5 Å². The lowest BCUT2D eigenvalue weighted by molar-refractivity contribution is 0.0470. The molecule has 1 aliphatic rings. The quantitative estimate of drug-likeness (QED) is 0.895. The number of aromatic amines is 1. The molecule has 124 valence electrons. The van der Waals surface area contributed by atoms with Crippen molar-refractivity contribution in [3.63, 3.8) is 0 Å². The largest absolute Gasteiger partial charge is 0.444 e. The number of nitrogens with one attached hydrogen (secondary N) is 2. The van der Waals surface area contributed by atoms with Crippen molar-refractivity contribution in [2.45, 2.75) is 64.6 Å². The van der Waals surface area contributed by atoms with Crippen LogP contribution in [0, 0.1) is 0 Å². The fourth-order valence-electron chi connectivity index (χ4n) is 3.05. The van der Waals surface area contributed by atoms with Crippen LogP contribution in [0.1, 0.15) is 58.7 Å². The maximum atomic E-state index is 11.8. The van der Waals surface area contributed by atoms with E-state index in [0.717, 1.165) is 13.0 Å². The number of aromatic nitrogens is 1. The number of ether oxygens (including phenoxy) is 1. The molecule has 0 aliphatic carbocycles. The molecule has 5 nitrogen and oxygen atoms in total. The summed E-state index contributed by atoms with van der Waals surface area (Å²) in [6.07, 6.45) is 5.18. The minimum Gasteiger partial charge on any atom is -0.444 e. The van der Waals surface area contributed by atoms with E-state index in [0.29, 0.717) is 18.6 Å². The minimum atomic E-state index is -0.451. The lowest BCUT2D eigenvalue weighted by Crippen LogP contribution is -2.48. The summed E-state index contributed by atoms with van der Waals surface area (Å²) >= 11 is 0. The summed E-state index contributed by atoms with van der Waals surface area (Å²) in [7, 11) is 0. The van der Waals surface area contributed by atoms with Crippen molar-refractivity contribution in [3.8, 4) is 0 Å². The summed E-state index contributed by atoms with van der Waals surface area (Å²) < 4.78 is 5.32. The number of carbonyl (C=O) groups excluding carboxylic acids is 1. The Bertz CT molecular complexity index is 465. The standard InChI is InChI=1S/C17H29N3O2/c1-13(15-9-7-10-18-15)20-11-6-5-8-14(20)12-19-16(21)22-17(2,3)4/h7,9-10,13-14,18H,5-6,8,11-12H2,1-4H3,(H,19,21)/t13-,14-/m0/s1. The van der Waals surface area contributed by atoms with Gasteiger partial charge in [0.2, 0.25) is 0 Å². The number of hydrogen-bond acceptors (Lipinski definition) is 3. The van der Waals surface area contributed by atoms with Gasteiger partial charge in [0.15, 0.2) is 0 Å². The molecule has 0 spiro atoms. The maximum Gasteiger partial charge on any atom is 0.407 e. The van der Waals surface area contributed by atoms with Crippen LogP contribution in [0.15, 0.2) is 18.3 Å². The molecule has 0 saturated carbocycles. The molecule has 2 atom stereocenters. The predicted octanol–water partition coefficient (Wildman–Crippen LogP) is 3.45. The van der Waals surface area contributed by atoms with E-state index in [1.807, 2.05) is 33.0 Å². The number of hydrogen-bond donors (Lipinski definition) is 2. The molecule has 0 bridgehead atoms. The number of H-pyrrole nitrogens is 1. The summed E-state index contributed by atoms with van der Waals surface area (Å²) in [6, 6.07) is 4.85. The van der Waals surface area contributed by atoms with Crippen molar-refractivity contribution in [1.82, 2.24) is 15.2 Å². The van der Waals surface area contributed by atoms with E-state index < -0.39 is 5.60 Å². The summed E-state index contributed by atoms with van der Waals surface area (Å²) in [5.41, 5.74) is 0.776. The number of likely N-dealkylation sites (tertiary alicyclic amines) is 1. The summed E-state index contributed by atoms with van der Waals surface area (Å²) in [5, 5.41) is 2.93. The van der Waals surface area contributed by atoms with Gasteiger partial charge >= 0.3 is 6.09 Å².